The van der Waals surface area contributed by atoms with E-state index in [1.54, 1.807) is 6.21 Å². The molecule has 2 unspecified atom stereocenters. The molecule has 0 saturated carbocycles. The summed E-state index contributed by atoms with van der Waals surface area (Å²) in [4.78, 5) is 2.28. The van der Waals surface area contributed by atoms with Crippen LogP contribution in [-0.2, 0) is 0 Å². The van der Waals surface area contributed by atoms with Crippen molar-refractivity contribution in [1.29, 1.82) is 0 Å². The third-order valence-electron chi connectivity index (χ3n) is 4.31. The second kappa shape index (κ2) is 9.11. The van der Waals surface area contributed by atoms with E-state index in [1.807, 2.05) is 0 Å². The van der Waals surface area contributed by atoms with Gasteiger partial charge in [0.15, 0.2) is 0 Å². The molecule has 3 heteroatoms. The molecular weight excluding hydrogens is 284 g/mol. The van der Waals surface area contributed by atoms with Crippen molar-refractivity contribution in [2.24, 2.45) is 5.16 Å². The highest BCUT2D eigenvalue weighted by Gasteiger charge is 2.20. The number of rotatable bonds is 8. The Bertz CT molecular complexity index is 581. The van der Waals surface area contributed by atoms with Crippen LogP contribution in [0.3, 0.4) is 0 Å². The van der Waals surface area contributed by atoms with Crippen LogP contribution in [0.2, 0.25) is 0 Å². The van der Waals surface area contributed by atoms with Crippen molar-refractivity contribution < 1.29 is 5.21 Å². The molecule has 0 aromatic heterocycles. The molecule has 2 atom stereocenters. The average Bonchev–Trinajstić information content (AvgIpc) is 2.59. The second-order valence-corrected chi connectivity index (χ2v) is 6.11. The lowest BCUT2D eigenvalue weighted by molar-refractivity contribution is 0.265. The number of oxime groups is 1. The fourth-order valence-electron chi connectivity index (χ4n) is 3.07. The summed E-state index contributed by atoms with van der Waals surface area (Å²) in [6.45, 7) is 0. The summed E-state index contributed by atoms with van der Waals surface area (Å²) in [7, 11) is 4.27. The zero-order valence-corrected chi connectivity index (χ0v) is 14.0. The summed E-state index contributed by atoms with van der Waals surface area (Å²) < 4.78 is 0. The first-order chi connectivity index (χ1) is 11.2. The maximum atomic E-state index is 8.66. The molecule has 0 heterocycles. The van der Waals surface area contributed by atoms with Crippen molar-refractivity contribution in [3.05, 3.63) is 71.8 Å². The molecule has 0 fully saturated rings. The van der Waals surface area contributed by atoms with E-state index >= 15 is 0 Å². The minimum absolute atomic E-state index is 0.368. The van der Waals surface area contributed by atoms with Crippen molar-refractivity contribution in [2.75, 3.05) is 14.1 Å². The molecule has 0 amide bonds. The molecule has 1 N–H and O–H groups in total. The highest BCUT2D eigenvalue weighted by Crippen LogP contribution is 2.34. The summed E-state index contributed by atoms with van der Waals surface area (Å²) >= 11 is 0. The van der Waals surface area contributed by atoms with E-state index in [1.165, 1.54) is 11.1 Å². The number of hydrogen-bond acceptors (Lipinski definition) is 3. The molecule has 0 bridgehead atoms. The summed E-state index contributed by atoms with van der Waals surface area (Å²) in [5, 5.41) is 11.8. The molecule has 0 radical (unpaired) electrons. The molecule has 3 nitrogen and oxygen atoms in total. The summed E-state index contributed by atoms with van der Waals surface area (Å²) in [5.74, 6) is 0.432. The highest BCUT2D eigenvalue weighted by molar-refractivity contribution is 5.56. The fraction of sp³-hybridized carbons (Fsp3) is 0.350. The lowest BCUT2D eigenvalue weighted by Crippen LogP contribution is -2.22. The maximum absolute atomic E-state index is 8.66. The van der Waals surface area contributed by atoms with E-state index in [-0.39, 0.29) is 0 Å². The number of nitrogens with zero attached hydrogens (tertiary/aromatic N) is 2. The lowest BCUT2D eigenvalue weighted by atomic mass is 9.86. The maximum Gasteiger partial charge on any atom is 0.0436 e. The van der Waals surface area contributed by atoms with Gasteiger partial charge in [0.1, 0.15) is 0 Å². The Hall–Kier alpha value is -2.13. The lowest BCUT2D eigenvalue weighted by Gasteiger charge is -2.29. The Kier molecular flexibility index (Phi) is 6.82. The molecule has 0 spiro atoms. The topological polar surface area (TPSA) is 35.8 Å². The van der Waals surface area contributed by atoms with Gasteiger partial charge in [-0.05, 0) is 50.4 Å². The Morgan fingerprint density at radius 2 is 1.52 bits per heavy atom. The van der Waals surface area contributed by atoms with E-state index < -0.39 is 0 Å². The van der Waals surface area contributed by atoms with E-state index in [9.17, 15) is 0 Å². The van der Waals surface area contributed by atoms with Gasteiger partial charge in [-0.15, -0.1) is 5.16 Å². The fourth-order valence-corrected chi connectivity index (χ4v) is 3.07. The summed E-state index contributed by atoms with van der Waals surface area (Å²) in [6, 6.07) is 21.6. The van der Waals surface area contributed by atoms with E-state index in [0.717, 1.165) is 19.3 Å². The minimum Gasteiger partial charge on any atom is -0.411 e. The number of benzene rings is 2. The third kappa shape index (κ3) is 5.22. The van der Waals surface area contributed by atoms with Gasteiger partial charge in [0, 0.05) is 12.3 Å². The standard InChI is InChI=1S/C20H26N2O/c1-22(2)20(18-12-7-4-8-13-18)16-19(14-9-15-21-23)17-10-5-3-6-11-17/h3-8,10-13,15,19-20,23H,9,14,16H2,1-2H3. The molecule has 122 valence electrons. The van der Waals surface area contributed by atoms with Crippen LogP contribution in [0.5, 0.6) is 0 Å². The highest BCUT2D eigenvalue weighted by atomic mass is 16.4. The molecule has 0 saturated heterocycles. The normalized spacial score (nSPS) is 14.2. The van der Waals surface area contributed by atoms with Gasteiger partial charge in [-0.25, -0.2) is 0 Å². The monoisotopic (exact) mass is 310 g/mol. The van der Waals surface area contributed by atoms with Crippen molar-refractivity contribution >= 4 is 6.21 Å². The van der Waals surface area contributed by atoms with Gasteiger partial charge in [0.05, 0.1) is 0 Å². The van der Waals surface area contributed by atoms with Crippen molar-refractivity contribution in [3.63, 3.8) is 0 Å². The van der Waals surface area contributed by atoms with Gasteiger partial charge in [-0.1, -0.05) is 60.7 Å². The van der Waals surface area contributed by atoms with Gasteiger partial charge in [0.2, 0.25) is 0 Å². The van der Waals surface area contributed by atoms with Gasteiger partial charge < -0.3 is 10.1 Å². The minimum atomic E-state index is 0.368. The van der Waals surface area contributed by atoms with Crippen molar-refractivity contribution in [2.45, 2.75) is 31.2 Å². The van der Waals surface area contributed by atoms with Crippen LogP contribution in [0.1, 0.15) is 42.3 Å². The second-order valence-electron chi connectivity index (χ2n) is 6.11. The smallest absolute Gasteiger partial charge is 0.0436 e. The molecule has 2 rings (SSSR count). The van der Waals surface area contributed by atoms with Crippen LogP contribution in [0.25, 0.3) is 0 Å². The molecule has 0 aliphatic heterocycles. The predicted octanol–water partition coefficient (Wildman–Crippen LogP) is 4.70. The van der Waals surface area contributed by atoms with E-state index in [4.69, 9.17) is 5.21 Å². The Labute approximate surface area is 139 Å². The Morgan fingerprint density at radius 1 is 0.957 bits per heavy atom. The first kappa shape index (κ1) is 17.2. The summed E-state index contributed by atoms with van der Waals surface area (Å²) in [6.07, 6.45) is 4.39. The van der Waals surface area contributed by atoms with Crippen LogP contribution < -0.4 is 0 Å². The van der Waals surface area contributed by atoms with Crippen LogP contribution in [0.15, 0.2) is 65.8 Å². The zero-order chi connectivity index (χ0) is 16.5. The quantitative estimate of drug-likeness (QED) is 0.436. The van der Waals surface area contributed by atoms with E-state index in [2.05, 4.69) is 84.8 Å². The Balaban J connectivity index is 2.20. The molecule has 23 heavy (non-hydrogen) atoms. The van der Waals surface area contributed by atoms with Gasteiger partial charge in [0.25, 0.3) is 0 Å². The van der Waals surface area contributed by atoms with Gasteiger partial charge >= 0.3 is 0 Å². The first-order valence-electron chi connectivity index (χ1n) is 8.14. The van der Waals surface area contributed by atoms with Crippen LogP contribution in [-0.4, -0.2) is 30.4 Å². The number of hydrogen-bond donors (Lipinski definition) is 1. The largest absolute Gasteiger partial charge is 0.411 e. The van der Waals surface area contributed by atoms with Crippen LogP contribution >= 0.6 is 0 Å². The average molecular weight is 310 g/mol. The third-order valence-corrected chi connectivity index (χ3v) is 4.31. The van der Waals surface area contributed by atoms with E-state index in [0.29, 0.717) is 12.0 Å². The van der Waals surface area contributed by atoms with Crippen LogP contribution in [0.4, 0.5) is 0 Å². The Morgan fingerprint density at radius 3 is 2.04 bits per heavy atom. The molecular formula is C20H26N2O. The first-order valence-corrected chi connectivity index (χ1v) is 8.14. The molecule has 2 aromatic rings. The zero-order valence-electron chi connectivity index (χ0n) is 14.0. The van der Waals surface area contributed by atoms with Gasteiger partial charge in [-0.2, -0.15) is 0 Å². The van der Waals surface area contributed by atoms with Gasteiger partial charge in [-0.3, -0.25) is 0 Å². The molecule has 0 aliphatic carbocycles. The van der Waals surface area contributed by atoms with Crippen LogP contribution in [0, 0.1) is 0 Å². The SMILES string of the molecule is CN(C)C(CC(CCC=NO)c1ccccc1)c1ccccc1. The van der Waals surface area contributed by atoms with Crippen molar-refractivity contribution in [3.8, 4) is 0 Å². The molecule has 2 aromatic carbocycles. The summed E-state index contributed by atoms with van der Waals surface area (Å²) in [5.41, 5.74) is 2.69. The molecule has 0 aliphatic rings. The predicted molar refractivity (Wildman–Crippen MR) is 96.2 cm³/mol. The van der Waals surface area contributed by atoms with Crippen molar-refractivity contribution in [1.82, 2.24) is 4.90 Å².